The van der Waals surface area contributed by atoms with Gasteiger partial charge >= 0.3 is 0 Å². The van der Waals surface area contributed by atoms with Crippen molar-refractivity contribution in [3.05, 3.63) is 42.5 Å². The second-order valence-electron chi connectivity index (χ2n) is 5.35. The van der Waals surface area contributed by atoms with Crippen molar-refractivity contribution in [2.24, 2.45) is 23.7 Å². The Kier molecular flexibility index (Phi) is 1.85. The fraction of sp³-hybridized carbons (Fsp3) is 0.333. The number of fused-ring (bicyclic) bond motifs is 5. The lowest BCUT2D eigenvalue weighted by molar-refractivity contribution is -0.123. The molecule has 1 saturated carbocycles. The predicted molar refractivity (Wildman–Crippen MR) is 66.7 cm³/mol. The van der Waals surface area contributed by atoms with Gasteiger partial charge in [0.2, 0.25) is 11.8 Å². The van der Waals surface area contributed by atoms with E-state index >= 15 is 0 Å². The van der Waals surface area contributed by atoms with E-state index in [9.17, 15) is 9.59 Å². The third-order valence-electron chi connectivity index (χ3n) is 4.48. The van der Waals surface area contributed by atoms with Crippen molar-refractivity contribution in [2.75, 3.05) is 4.90 Å². The molecule has 2 unspecified atom stereocenters. The summed E-state index contributed by atoms with van der Waals surface area (Å²) in [5.41, 5.74) is 0.710. The fourth-order valence-corrected chi connectivity index (χ4v) is 3.73. The van der Waals surface area contributed by atoms with Crippen LogP contribution in [-0.4, -0.2) is 11.8 Å². The van der Waals surface area contributed by atoms with E-state index in [1.54, 1.807) is 0 Å². The molecule has 1 aromatic carbocycles. The maximum atomic E-state index is 12.5. The maximum Gasteiger partial charge on any atom is 0.238 e. The van der Waals surface area contributed by atoms with Gasteiger partial charge in [-0.25, -0.2) is 0 Å². The Morgan fingerprint density at radius 2 is 1.44 bits per heavy atom. The zero-order chi connectivity index (χ0) is 12.3. The van der Waals surface area contributed by atoms with Crippen molar-refractivity contribution in [3.63, 3.8) is 0 Å². The lowest BCUT2D eigenvalue weighted by Gasteiger charge is -2.16. The van der Waals surface area contributed by atoms with Gasteiger partial charge in [-0.3, -0.25) is 14.5 Å². The molecule has 2 aliphatic carbocycles. The molecule has 0 spiro atoms. The van der Waals surface area contributed by atoms with Crippen molar-refractivity contribution in [1.82, 2.24) is 0 Å². The summed E-state index contributed by atoms with van der Waals surface area (Å²) in [4.78, 5) is 26.3. The quantitative estimate of drug-likeness (QED) is 0.555. The smallest absolute Gasteiger partial charge is 0.238 e. The zero-order valence-electron chi connectivity index (χ0n) is 9.82. The number of amides is 2. The number of benzene rings is 1. The first-order chi connectivity index (χ1) is 8.77. The highest BCUT2D eigenvalue weighted by Crippen LogP contribution is 2.53. The molecule has 2 amide bonds. The molecule has 4 rings (SSSR count). The van der Waals surface area contributed by atoms with Crippen LogP contribution >= 0.6 is 0 Å². The van der Waals surface area contributed by atoms with Gasteiger partial charge in [0.15, 0.2) is 0 Å². The third-order valence-corrected chi connectivity index (χ3v) is 4.48. The van der Waals surface area contributed by atoms with Gasteiger partial charge in [0, 0.05) is 0 Å². The molecule has 3 nitrogen and oxygen atoms in total. The molecule has 4 atom stereocenters. The van der Waals surface area contributed by atoms with Crippen LogP contribution in [-0.2, 0) is 9.59 Å². The average molecular weight is 239 g/mol. The topological polar surface area (TPSA) is 37.4 Å². The summed E-state index contributed by atoms with van der Waals surface area (Å²) in [6.07, 6.45) is 5.21. The highest BCUT2D eigenvalue weighted by molar-refractivity contribution is 6.22. The van der Waals surface area contributed by atoms with Crippen LogP contribution < -0.4 is 4.90 Å². The van der Waals surface area contributed by atoms with Gasteiger partial charge in [-0.15, -0.1) is 0 Å². The van der Waals surface area contributed by atoms with Crippen LogP contribution in [0.25, 0.3) is 0 Å². The van der Waals surface area contributed by atoms with Gasteiger partial charge in [0.05, 0.1) is 17.5 Å². The lowest BCUT2D eigenvalue weighted by atomic mass is 9.85. The fourth-order valence-electron chi connectivity index (χ4n) is 3.73. The molecule has 18 heavy (non-hydrogen) atoms. The number of rotatable bonds is 1. The van der Waals surface area contributed by atoms with Crippen molar-refractivity contribution >= 4 is 17.5 Å². The second kappa shape index (κ2) is 3.31. The summed E-state index contributed by atoms with van der Waals surface area (Å²) in [6, 6.07) is 9.26. The van der Waals surface area contributed by atoms with Gasteiger partial charge in [-0.05, 0) is 30.4 Å². The molecule has 3 heteroatoms. The van der Waals surface area contributed by atoms with Crippen LogP contribution in [0.1, 0.15) is 6.42 Å². The Balaban J connectivity index is 1.77. The molecule has 0 aromatic heterocycles. The minimum absolute atomic E-state index is 0.00644. The Morgan fingerprint density at radius 1 is 0.889 bits per heavy atom. The van der Waals surface area contributed by atoms with Crippen LogP contribution in [0, 0.1) is 23.7 Å². The van der Waals surface area contributed by atoms with E-state index in [0.717, 1.165) is 6.42 Å². The minimum atomic E-state index is -0.104. The molecule has 1 saturated heterocycles. The summed E-state index contributed by atoms with van der Waals surface area (Å²) in [6.45, 7) is 0. The highest BCUT2D eigenvalue weighted by Gasteiger charge is 2.59. The zero-order valence-corrected chi connectivity index (χ0v) is 9.82. The van der Waals surface area contributed by atoms with Gasteiger partial charge in [-0.1, -0.05) is 30.4 Å². The van der Waals surface area contributed by atoms with E-state index in [2.05, 4.69) is 12.2 Å². The molecule has 1 aromatic rings. The normalized spacial score (nSPS) is 36.6. The SMILES string of the molecule is O=C1C2C(C(=O)N1c1ccccc1)[C@H]1C=C[C@@H]2C1. The molecular formula is C15H13NO2. The van der Waals surface area contributed by atoms with Gasteiger partial charge < -0.3 is 0 Å². The summed E-state index contributed by atoms with van der Waals surface area (Å²) in [5, 5.41) is 0. The van der Waals surface area contributed by atoms with E-state index in [1.165, 1.54) is 4.90 Å². The number of hydrogen-bond donors (Lipinski definition) is 0. The van der Waals surface area contributed by atoms with Crippen LogP contribution in [0.15, 0.2) is 42.5 Å². The molecular weight excluding hydrogens is 226 g/mol. The van der Waals surface area contributed by atoms with Crippen LogP contribution in [0.5, 0.6) is 0 Å². The summed E-state index contributed by atoms with van der Waals surface area (Å²) in [5.74, 6) is 0.344. The van der Waals surface area contributed by atoms with Crippen LogP contribution in [0.4, 0.5) is 5.69 Å². The molecule has 0 N–H and O–H groups in total. The number of allylic oxidation sites excluding steroid dienone is 2. The first-order valence-corrected chi connectivity index (χ1v) is 6.38. The number of carbonyl (C=O) groups is 2. The predicted octanol–water partition coefficient (Wildman–Crippen LogP) is 2.00. The van der Waals surface area contributed by atoms with Crippen LogP contribution in [0.2, 0.25) is 0 Å². The molecule has 1 heterocycles. The molecule has 3 aliphatic rings. The van der Waals surface area contributed by atoms with E-state index < -0.39 is 0 Å². The van der Waals surface area contributed by atoms with Crippen molar-refractivity contribution in [3.8, 4) is 0 Å². The first kappa shape index (κ1) is 10.1. The number of carbonyl (C=O) groups excluding carboxylic acids is 2. The number of nitrogens with zero attached hydrogens (tertiary/aromatic N) is 1. The van der Waals surface area contributed by atoms with E-state index in [-0.39, 0.29) is 35.5 Å². The first-order valence-electron chi connectivity index (χ1n) is 6.38. The van der Waals surface area contributed by atoms with E-state index in [1.807, 2.05) is 30.3 Å². The van der Waals surface area contributed by atoms with Crippen molar-refractivity contribution < 1.29 is 9.59 Å². The van der Waals surface area contributed by atoms with Gasteiger partial charge in [0.1, 0.15) is 0 Å². The number of hydrogen-bond acceptors (Lipinski definition) is 2. The second-order valence-corrected chi connectivity index (χ2v) is 5.35. The van der Waals surface area contributed by atoms with Gasteiger partial charge in [0.25, 0.3) is 0 Å². The minimum Gasteiger partial charge on any atom is -0.274 e. The monoisotopic (exact) mass is 239 g/mol. The summed E-state index contributed by atoms with van der Waals surface area (Å²) in [7, 11) is 0. The highest BCUT2D eigenvalue weighted by atomic mass is 16.2. The molecule has 1 aliphatic heterocycles. The molecule has 90 valence electrons. The number of anilines is 1. The van der Waals surface area contributed by atoms with Gasteiger partial charge in [-0.2, -0.15) is 0 Å². The third kappa shape index (κ3) is 1.09. The summed E-state index contributed by atoms with van der Waals surface area (Å²) < 4.78 is 0. The van der Waals surface area contributed by atoms with Crippen LogP contribution in [0.3, 0.4) is 0 Å². The Morgan fingerprint density at radius 3 is 2.00 bits per heavy atom. The summed E-state index contributed by atoms with van der Waals surface area (Å²) >= 11 is 0. The standard InChI is InChI=1S/C15H13NO2/c17-14-12-9-6-7-10(8-9)13(12)15(18)16(14)11-4-2-1-3-5-11/h1-7,9-10,12-13H,8H2/t9-,10+,12?,13?. The lowest BCUT2D eigenvalue weighted by Crippen LogP contribution is -2.32. The van der Waals surface area contributed by atoms with Crippen molar-refractivity contribution in [2.45, 2.75) is 6.42 Å². The van der Waals surface area contributed by atoms with E-state index in [4.69, 9.17) is 0 Å². The maximum absolute atomic E-state index is 12.5. The molecule has 2 bridgehead atoms. The Bertz CT molecular complexity index is 533. The largest absolute Gasteiger partial charge is 0.274 e. The molecule has 0 radical (unpaired) electrons. The molecule has 2 fully saturated rings. The number of para-hydroxylation sites is 1. The Hall–Kier alpha value is -1.90. The van der Waals surface area contributed by atoms with Crippen molar-refractivity contribution in [1.29, 1.82) is 0 Å². The number of imide groups is 1. The average Bonchev–Trinajstić information content (AvgIpc) is 3.05. The Labute approximate surface area is 105 Å². The van der Waals surface area contributed by atoms with E-state index in [0.29, 0.717) is 5.69 Å².